The summed E-state index contributed by atoms with van der Waals surface area (Å²) in [5.41, 5.74) is 6.81. The van der Waals surface area contributed by atoms with Crippen molar-refractivity contribution in [1.82, 2.24) is 4.98 Å². The van der Waals surface area contributed by atoms with Gasteiger partial charge in [-0.25, -0.2) is 9.37 Å². The lowest BCUT2D eigenvalue weighted by Gasteiger charge is -2.08. The summed E-state index contributed by atoms with van der Waals surface area (Å²) in [5, 5.41) is 3.14. The molecule has 20 heavy (non-hydrogen) atoms. The number of anilines is 1. The van der Waals surface area contributed by atoms with E-state index in [0.717, 1.165) is 11.1 Å². The van der Waals surface area contributed by atoms with Gasteiger partial charge in [-0.2, -0.15) is 0 Å². The molecule has 1 aromatic carbocycles. The number of hydrogen-bond donors (Lipinski definition) is 2. The molecule has 0 spiro atoms. The third-order valence-electron chi connectivity index (χ3n) is 2.91. The number of carbonyl (C=O) groups excluding carboxylic acids is 1. The minimum Gasteiger partial charge on any atom is -0.320 e. The van der Waals surface area contributed by atoms with Crippen molar-refractivity contribution in [2.45, 2.75) is 32.7 Å². The first-order valence-corrected chi connectivity index (χ1v) is 6.96. The number of halogens is 2. The molecule has 2 aromatic rings. The molecule has 110 valence electrons. The van der Waals surface area contributed by atoms with E-state index < -0.39 is 6.04 Å². The van der Waals surface area contributed by atoms with Gasteiger partial charge < -0.3 is 11.1 Å². The number of amides is 1. The monoisotopic (exact) mass is 317 g/mol. The molecule has 4 nitrogen and oxygen atoms in total. The third-order valence-corrected chi connectivity index (χ3v) is 3.85. The van der Waals surface area contributed by atoms with E-state index >= 15 is 0 Å². The van der Waals surface area contributed by atoms with Crippen LogP contribution in [0.5, 0.6) is 0 Å². The molecule has 2 rings (SSSR count). The van der Waals surface area contributed by atoms with Crippen LogP contribution in [0.4, 0.5) is 9.52 Å². The quantitative estimate of drug-likeness (QED) is 0.909. The minimum atomic E-state index is -0.533. The zero-order chi connectivity index (χ0) is 14.0. The molecular weight excluding hydrogens is 301 g/mol. The summed E-state index contributed by atoms with van der Waals surface area (Å²) in [6.45, 7) is 3.64. The fourth-order valence-electron chi connectivity index (χ4n) is 1.79. The van der Waals surface area contributed by atoms with Gasteiger partial charge >= 0.3 is 0 Å². The molecule has 0 saturated heterocycles. The van der Waals surface area contributed by atoms with E-state index in [1.807, 2.05) is 6.92 Å². The molecule has 0 aliphatic rings. The maximum absolute atomic E-state index is 13.4. The van der Waals surface area contributed by atoms with Crippen LogP contribution in [0.25, 0.3) is 10.2 Å². The van der Waals surface area contributed by atoms with Gasteiger partial charge in [0, 0.05) is 5.56 Å². The van der Waals surface area contributed by atoms with Crippen LogP contribution in [0.1, 0.15) is 25.3 Å². The van der Waals surface area contributed by atoms with Gasteiger partial charge in [-0.05, 0) is 25.5 Å². The highest BCUT2D eigenvalue weighted by Gasteiger charge is 2.15. The Morgan fingerprint density at radius 3 is 2.90 bits per heavy atom. The molecule has 0 aliphatic carbocycles. The van der Waals surface area contributed by atoms with Crippen molar-refractivity contribution >= 4 is 45.0 Å². The van der Waals surface area contributed by atoms with Gasteiger partial charge in [-0.15, -0.1) is 12.4 Å². The summed E-state index contributed by atoms with van der Waals surface area (Å²) < 4.78 is 14.3. The molecule has 1 aromatic heterocycles. The van der Waals surface area contributed by atoms with Gasteiger partial charge in [-0.1, -0.05) is 24.7 Å². The van der Waals surface area contributed by atoms with E-state index in [1.165, 1.54) is 17.4 Å². The van der Waals surface area contributed by atoms with Gasteiger partial charge in [0.05, 0.1) is 16.3 Å². The molecule has 0 fully saturated rings. The molecule has 1 unspecified atom stereocenters. The van der Waals surface area contributed by atoms with Gasteiger partial charge in [0.25, 0.3) is 0 Å². The Hall–Kier alpha value is -1.24. The lowest BCUT2D eigenvalue weighted by Crippen LogP contribution is -2.35. The molecule has 0 bridgehead atoms. The lowest BCUT2D eigenvalue weighted by atomic mass is 10.2. The fourth-order valence-corrected chi connectivity index (χ4v) is 2.72. The maximum Gasteiger partial charge on any atom is 0.243 e. The van der Waals surface area contributed by atoms with Crippen molar-refractivity contribution < 1.29 is 9.18 Å². The van der Waals surface area contributed by atoms with E-state index in [0.29, 0.717) is 22.6 Å². The summed E-state index contributed by atoms with van der Waals surface area (Å²) in [6.07, 6.45) is 1.48. The normalized spacial score (nSPS) is 12.0. The molecule has 1 heterocycles. The van der Waals surface area contributed by atoms with Crippen LogP contribution in [0.3, 0.4) is 0 Å². The molecule has 3 N–H and O–H groups in total. The van der Waals surface area contributed by atoms with Crippen molar-refractivity contribution in [2.75, 3.05) is 5.32 Å². The first-order valence-electron chi connectivity index (χ1n) is 6.15. The van der Waals surface area contributed by atoms with Crippen molar-refractivity contribution in [3.05, 3.63) is 23.5 Å². The second kappa shape index (κ2) is 6.97. The maximum atomic E-state index is 13.4. The number of nitrogens with two attached hydrogens (primary N) is 1. The van der Waals surface area contributed by atoms with Crippen LogP contribution in [0, 0.1) is 12.7 Å². The largest absolute Gasteiger partial charge is 0.320 e. The number of nitrogens with zero attached hydrogens (tertiary/aromatic N) is 1. The molecule has 0 saturated carbocycles. The number of hydrogen-bond acceptors (Lipinski definition) is 4. The van der Waals surface area contributed by atoms with E-state index in [-0.39, 0.29) is 24.1 Å². The SMILES string of the molecule is CCCC(N)C(=O)Nc1nc2c(C)c(F)ccc2s1.Cl. The molecular formula is C13H17ClFN3OS. The third kappa shape index (κ3) is 3.45. The Bertz CT molecular complexity index is 617. The first kappa shape index (κ1) is 16.8. The summed E-state index contributed by atoms with van der Waals surface area (Å²) in [7, 11) is 0. The number of rotatable bonds is 4. The predicted octanol–water partition coefficient (Wildman–Crippen LogP) is 3.23. The topological polar surface area (TPSA) is 68.0 Å². The van der Waals surface area contributed by atoms with Crippen LogP contribution < -0.4 is 11.1 Å². The molecule has 1 amide bonds. The number of fused-ring (bicyclic) bond motifs is 1. The molecule has 0 aliphatic heterocycles. The van der Waals surface area contributed by atoms with Gasteiger partial charge in [0.1, 0.15) is 5.82 Å². The number of benzene rings is 1. The zero-order valence-electron chi connectivity index (χ0n) is 11.3. The van der Waals surface area contributed by atoms with E-state index in [2.05, 4.69) is 10.3 Å². The summed E-state index contributed by atoms with van der Waals surface area (Å²) in [6, 6.07) is 2.54. The van der Waals surface area contributed by atoms with Gasteiger partial charge in [0.15, 0.2) is 5.13 Å². The molecule has 1 atom stereocenters. The van der Waals surface area contributed by atoms with Crippen LogP contribution in [0.2, 0.25) is 0 Å². The standard InChI is InChI=1S/C13H16FN3OS.ClH/c1-3-4-9(15)12(18)17-13-16-11-7(2)8(14)5-6-10(11)19-13;/h5-6,9H,3-4,15H2,1-2H3,(H,16,17,18);1H. The van der Waals surface area contributed by atoms with Crippen LogP contribution in [0.15, 0.2) is 12.1 Å². The smallest absolute Gasteiger partial charge is 0.243 e. The molecule has 0 radical (unpaired) electrons. The van der Waals surface area contributed by atoms with Crippen LogP contribution >= 0.6 is 23.7 Å². The highest BCUT2D eigenvalue weighted by atomic mass is 35.5. The van der Waals surface area contributed by atoms with Gasteiger partial charge in [-0.3, -0.25) is 4.79 Å². The minimum absolute atomic E-state index is 0. The summed E-state index contributed by atoms with van der Waals surface area (Å²) in [4.78, 5) is 16.0. The van der Waals surface area contributed by atoms with Gasteiger partial charge in [0.2, 0.25) is 5.91 Å². The fraction of sp³-hybridized carbons (Fsp3) is 0.385. The van der Waals surface area contributed by atoms with Crippen LogP contribution in [-0.2, 0) is 4.79 Å². The first-order chi connectivity index (χ1) is 9.02. The second-order valence-electron chi connectivity index (χ2n) is 4.42. The Labute approximate surface area is 127 Å². The highest BCUT2D eigenvalue weighted by Crippen LogP contribution is 2.29. The predicted molar refractivity (Wildman–Crippen MR) is 83.1 cm³/mol. The number of nitrogens with one attached hydrogen (secondary N) is 1. The number of carbonyl (C=O) groups is 1. The van der Waals surface area contributed by atoms with E-state index in [4.69, 9.17) is 5.73 Å². The van der Waals surface area contributed by atoms with E-state index in [1.54, 1.807) is 13.0 Å². The van der Waals surface area contributed by atoms with Crippen LogP contribution in [-0.4, -0.2) is 16.9 Å². The Balaban J connectivity index is 0.00000200. The van der Waals surface area contributed by atoms with Crippen molar-refractivity contribution in [3.63, 3.8) is 0 Å². The average Bonchev–Trinajstić information content (AvgIpc) is 2.77. The number of aromatic nitrogens is 1. The summed E-state index contributed by atoms with van der Waals surface area (Å²) in [5.74, 6) is -0.544. The number of aryl methyl sites for hydroxylation is 1. The van der Waals surface area contributed by atoms with E-state index in [9.17, 15) is 9.18 Å². The Kier molecular flexibility index (Phi) is 5.86. The lowest BCUT2D eigenvalue weighted by molar-refractivity contribution is -0.117. The Morgan fingerprint density at radius 1 is 1.55 bits per heavy atom. The molecule has 7 heteroatoms. The highest BCUT2D eigenvalue weighted by molar-refractivity contribution is 7.22. The van der Waals surface area contributed by atoms with Crippen molar-refractivity contribution in [3.8, 4) is 0 Å². The van der Waals surface area contributed by atoms with Crippen molar-refractivity contribution in [2.24, 2.45) is 5.73 Å². The second-order valence-corrected chi connectivity index (χ2v) is 5.45. The zero-order valence-corrected chi connectivity index (χ0v) is 12.9. The number of thiazole rings is 1. The Morgan fingerprint density at radius 2 is 2.25 bits per heavy atom. The summed E-state index contributed by atoms with van der Waals surface area (Å²) >= 11 is 1.32. The average molecular weight is 318 g/mol. The van der Waals surface area contributed by atoms with Crippen molar-refractivity contribution in [1.29, 1.82) is 0 Å².